The van der Waals surface area contributed by atoms with Crippen molar-refractivity contribution in [3.63, 3.8) is 0 Å². The zero-order valence-electron chi connectivity index (χ0n) is 20.0. The molecule has 0 amide bonds. The molecule has 0 aromatic heterocycles. The molecule has 1 aromatic rings. The van der Waals surface area contributed by atoms with Crippen molar-refractivity contribution < 1.29 is 18.3 Å². The smallest absolute Gasteiger partial charge is 0.247 e. The van der Waals surface area contributed by atoms with E-state index in [1.165, 1.54) is 17.1 Å². The predicted molar refractivity (Wildman–Crippen MR) is 127 cm³/mol. The van der Waals surface area contributed by atoms with E-state index in [0.717, 1.165) is 31.0 Å². The number of ether oxygens (including phenoxy) is 1. The van der Waals surface area contributed by atoms with Crippen LogP contribution in [0.15, 0.2) is 23.1 Å². The molecular formula is C25H38N2O4S. The highest BCUT2D eigenvalue weighted by molar-refractivity contribution is 7.89. The number of rotatable bonds is 7. The van der Waals surface area contributed by atoms with Crippen molar-refractivity contribution in [3.8, 4) is 17.6 Å². The Bertz CT molecular complexity index is 946. The molecule has 178 valence electrons. The fourth-order valence-corrected chi connectivity index (χ4v) is 5.83. The Morgan fingerprint density at radius 2 is 1.97 bits per heavy atom. The van der Waals surface area contributed by atoms with Crippen molar-refractivity contribution >= 4 is 10.0 Å². The zero-order chi connectivity index (χ0) is 23.5. The Hall–Kier alpha value is -1.59. The molecule has 6 nitrogen and oxygen atoms in total. The molecule has 1 saturated carbocycles. The van der Waals surface area contributed by atoms with Crippen LogP contribution in [0, 0.1) is 29.6 Å². The number of likely N-dealkylation sites (N-methyl/N-ethyl adjacent to an activating group) is 1. The van der Waals surface area contributed by atoms with Crippen molar-refractivity contribution in [2.24, 2.45) is 17.8 Å². The number of hydrogen-bond donors (Lipinski definition) is 1. The number of aliphatic hydroxyl groups is 1. The van der Waals surface area contributed by atoms with Crippen LogP contribution in [0.25, 0.3) is 0 Å². The van der Waals surface area contributed by atoms with Gasteiger partial charge in [-0.2, -0.15) is 4.31 Å². The van der Waals surface area contributed by atoms with Gasteiger partial charge in [-0.25, -0.2) is 8.42 Å². The molecule has 0 radical (unpaired) electrons. The van der Waals surface area contributed by atoms with Crippen LogP contribution in [0.5, 0.6) is 5.75 Å². The topological polar surface area (TPSA) is 70.1 Å². The third-order valence-corrected chi connectivity index (χ3v) is 8.19. The molecule has 0 saturated heterocycles. The summed E-state index contributed by atoms with van der Waals surface area (Å²) < 4.78 is 34.9. The Balaban J connectivity index is 1.98. The van der Waals surface area contributed by atoms with Crippen LogP contribution in [0.4, 0.5) is 0 Å². The summed E-state index contributed by atoms with van der Waals surface area (Å²) >= 11 is 0. The largest absolute Gasteiger partial charge is 0.487 e. The molecule has 3 rings (SSSR count). The first kappa shape index (κ1) is 25.0. The third kappa shape index (κ3) is 6.26. The van der Waals surface area contributed by atoms with Gasteiger partial charge in [0.1, 0.15) is 16.7 Å². The Morgan fingerprint density at radius 3 is 2.59 bits per heavy atom. The third-order valence-electron chi connectivity index (χ3n) is 6.17. The van der Waals surface area contributed by atoms with Gasteiger partial charge in [0, 0.05) is 43.6 Å². The lowest BCUT2D eigenvalue weighted by atomic mass is 10.0. The van der Waals surface area contributed by atoms with Crippen LogP contribution in [0.2, 0.25) is 0 Å². The van der Waals surface area contributed by atoms with Gasteiger partial charge in [-0.15, -0.1) is 0 Å². The minimum Gasteiger partial charge on any atom is -0.487 e. The molecule has 0 bridgehead atoms. The molecule has 1 fully saturated rings. The van der Waals surface area contributed by atoms with Crippen LogP contribution in [0.1, 0.15) is 52.5 Å². The number of nitrogens with zero attached hydrogens (tertiary/aromatic N) is 2. The Labute approximate surface area is 194 Å². The minimum atomic E-state index is -3.81. The fraction of sp³-hybridized carbons (Fsp3) is 0.680. The van der Waals surface area contributed by atoms with Gasteiger partial charge in [0.15, 0.2) is 0 Å². The lowest BCUT2D eigenvalue weighted by Gasteiger charge is -2.37. The second-order valence-corrected chi connectivity index (χ2v) is 11.8. The quantitative estimate of drug-likeness (QED) is 0.630. The van der Waals surface area contributed by atoms with Crippen molar-refractivity contribution in [3.05, 3.63) is 23.8 Å². The van der Waals surface area contributed by atoms with Gasteiger partial charge in [0.25, 0.3) is 0 Å². The molecule has 7 heteroatoms. The summed E-state index contributed by atoms with van der Waals surface area (Å²) in [5.74, 6) is 7.88. The minimum absolute atomic E-state index is 0.0377. The average molecular weight is 463 g/mol. The number of benzene rings is 1. The summed E-state index contributed by atoms with van der Waals surface area (Å²) in [5.41, 5.74) is 0.750. The average Bonchev–Trinajstić information content (AvgIpc) is 3.53. The van der Waals surface area contributed by atoms with E-state index in [9.17, 15) is 13.5 Å². The normalized spacial score (nSPS) is 24.1. The summed E-state index contributed by atoms with van der Waals surface area (Å²) in [6.07, 6.45) is 3.18. The fourth-order valence-electron chi connectivity index (χ4n) is 4.00. The lowest BCUT2D eigenvalue weighted by Crippen LogP contribution is -2.49. The summed E-state index contributed by atoms with van der Waals surface area (Å²) in [7, 11) is -1.71. The summed E-state index contributed by atoms with van der Waals surface area (Å²) in [6, 6.07) is 4.59. The van der Waals surface area contributed by atoms with Crippen LogP contribution in [0.3, 0.4) is 0 Å². The van der Waals surface area contributed by atoms with E-state index < -0.39 is 16.1 Å². The standard InChI is InChI=1S/C25H38N2O4S/c1-18(2)7-6-8-21-11-12-25-23(13-21)31-24(16-26(5)15-22-9-10-22)19(3)14-27(20(4)17-28)32(25,29)30/h11-13,18-20,22,24,28H,7,9-10,14-17H2,1-5H3/t19-,20+,24-/m0/s1. The SMILES string of the molecule is CC(C)CC#Cc1ccc2c(c1)O[C@@H](CN(C)CC1CC1)[C@@H](C)CN([C@H](C)CO)S2(=O)=O. The molecule has 1 aliphatic carbocycles. The van der Waals surface area contributed by atoms with Gasteiger partial charge in [-0.3, -0.25) is 0 Å². The van der Waals surface area contributed by atoms with E-state index in [-0.39, 0.29) is 23.5 Å². The van der Waals surface area contributed by atoms with E-state index in [1.54, 1.807) is 25.1 Å². The second-order valence-electron chi connectivity index (χ2n) is 9.97. The molecule has 0 unspecified atom stereocenters. The molecule has 32 heavy (non-hydrogen) atoms. The Kier molecular flexibility index (Phi) is 8.26. The predicted octanol–water partition coefficient (Wildman–Crippen LogP) is 3.19. The first-order chi connectivity index (χ1) is 15.1. The molecule has 0 spiro atoms. The molecule has 1 aliphatic heterocycles. The highest BCUT2D eigenvalue weighted by Crippen LogP contribution is 2.35. The molecule has 1 heterocycles. The number of fused-ring (bicyclic) bond motifs is 1. The molecular weight excluding hydrogens is 424 g/mol. The van der Waals surface area contributed by atoms with Gasteiger partial charge in [-0.05, 0) is 56.8 Å². The maximum Gasteiger partial charge on any atom is 0.247 e. The van der Waals surface area contributed by atoms with E-state index >= 15 is 0 Å². The summed E-state index contributed by atoms with van der Waals surface area (Å²) in [5, 5.41) is 9.76. The first-order valence-corrected chi connectivity index (χ1v) is 13.2. The van der Waals surface area contributed by atoms with Gasteiger partial charge < -0.3 is 14.7 Å². The van der Waals surface area contributed by atoms with Gasteiger partial charge in [0.05, 0.1) is 6.61 Å². The van der Waals surface area contributed by atoms with Crippen LogP contribution in [-0.4, -0.2) is 68.2 Å². The van der Waals surface area contributed by atoms with E-state index in [1.807, 2.05) is 6.92 Å². The number of hydrogen-bond acceptors (Lipinski definition) is 5. The summed E-state index contributed by atoms with van der Waals surface area (Å²) in [6.45, 7) is 9.84. The van der Waals surface area contributed by atoms with Crippen molar-refractivity contribution in [2.45, 2.75) is 64.0 Å². The number of sulfonamides is 1. The van der Waals surface area contributed by atoms with E-state index in [2.05, 4.69) is 37.6 Å². The maximum atomic E-state index is 13.5. The zero-order valence-corrected chi connectivity index (χ0v) is 20.9. The second kappa shape index (κ2) is 10.6. The first-order valence-electron chi connectivity index (χ1n) is 11.7. The molecule has 1 N–H and O–H groups in total. The van der Waals surface area contributed by atoms with Crippen LogP contribution < -0.4 is 4.74 Å². The highest BCUT2D eigenvalue weighted by Gasteiger charge is 2.38. The monoisotopic (exact) mass is 462 g/mol. The number of aliphatic hydroxyl groups excluding tert-OH is 1. The Morgan fingerprint density at radius 1 is 1.25 bits per heavy atom. The maximum absolute atomic E-state index is 13.5. The molecule has 1 aromatic carbocycles. The van der Waals surface area contributed by atoms with E-state index in [4.69, 9.17) is 4.74 Å². The summed E-state index contributed by atoms with van der Waals surface area (Å²) in [4.78, 5) is 2.44. The van der Waals surface area contributed by atoms with Gasteiger partial charge >= 0.3 is 0 Å². The van der Waals surface area contributed by atoms with Crippen molar-refractivity contribution in [1.82, 2.24) is 9.21 Å². The van der Waals surface area contributed by atoms with Crippen molar-refractivity contribution in [1.29, 1.82) is 0 Å². The molecule has 3 atom stereocenters. The van der Waals surface area contributed by atoms with Crippen LogP contribution >= 0.6 is 0 Å². The van der Waals surface area contributed by atoms with Gasteiger partial charge in [0.2, 0.25) is 10.0 Å². The molecule has 2 aliphatic rings. The van der Waals surface area contributed by atoms with Gasteiger partial charge in [-0.1, -0.05) is 32.6 Å². The van der Waals surface area contributed by atoms with Crippen LogP contribution in [-0.2, 0) is 10.0 Å². The van der Waals surface area contributed by atoms with Crippen molar-refractivity contribution in [2.75, 3.05) is 33.3 Å². The highest BCUT2D eigenvalue weighted by atomic mass is 32.2. The lowest BCUT2D eigenvalue weighted by molar-refractivity contribution is 0.0740. The van der Waals surface area contributed by atoms with E-state index in [0.29, 0.717) is 18.2 Å².